The lowest BCUT2D eigenvalue weighted by atomic mass is 10.2. The van der Waals surface area contributed by atoms with E-state index in [1.54, 1.807) is 14.2 Å². The van der Waals surface area contributed by atoms with E-state index in [9.17, 15) is 0 Å². The van der Waals surface area contributed by atoms with Gasteiger partial charge in [0.05, 0.1) is 20.3 Å². The fourth-order valence-corrected chi connectivity index (χ4v) is 2.36. The molecule has 1 aromatic heterocycles. The van der Waals surface area contributed by atoms with Crippen LogP contribution < -0.4 is 14.8 Å². The Kier molecular flexibility index (Phi) is 3.56. The maximum Gasteiger partial charge on any atom is 0.244 e. The van der Waals surface area contributed by atoms with Crippen LogP contribution in [0.5, 0.6) is 11.5 Å². The molecular weight excluding hydrogens is 258 g/mol. The van der Waals surface area contributed by atoms with Crippen LogP contribution in [0.3, 0.4) is 0 Å². The summed E-state index contributed by atoms with van der Waals surface area (Å²) in [6, 6.07) is 5.74. The summed E-state index contributed by atoms with van der Waals surface area (Å²) in [6.45, 7) is 0.999. The maximum absolute atomic E-state index is 5.34. The number of rotatable bonds is 4. The number of hydrogen-bond acceptors (Lipinski definition) is 6. The second-order valence-corrected chi connectivity index (χ2v) is 4.67. The molecule has 0 spiro atoms. The van der Waals surface area contributed by atoms with Crippen LogP contribution in [0, 0.1) is 0 Å². The number of nitrogens with one attached hydrogen (secondary N) is 1. The van der Waals surface area contributed by atoms with Crippen molar-refractivity contribution in [2.24, 2.45) is 0 Å². The molecule has 106 valence electrons. The van der Waals surface area contributed by atoms with E-state index in [-0.39, 0.29) is 6.04 Å². The zero-order valence-corrected chi connectivity index (χ0v) is 11.5. The molecule has 0 bridgehead atoms. The molecule has 1 N–H and O–H groups in total. The summed E-state index contributed by atoms with van der Waals surface area (Å²) in [5, 5.41) is 7.38. The molecule has 20 heavy (non-hydrogen) atoms. The Morgan fingerprint density at radius 2 is 2.10 bits per heavy atom. The normalized spacial score (nSPS) is 18.2. The molecule has 0 radical (unpaired) electrons. The van der Waals surface area contributed by atoms with Crippen molar-refractivity contribution < 1.29 is 14.0 Å². The Balaban J connectivity index is 1.88. The summed E-state index contributed by atoms with van der Waals surface area (Å²) in [4.78, 5) is 4.46. The number of nitrogens with zero attached hydrogens (tertiary/aromatic N) is 2. The third-order valence-corrected chi connectivity index (χ3v) is 3.44. The van der Waals surface area contributed by atoms with Gasteiger partial charge in [0.1, 0.15) is 0 Å². The summed E-state index contributed by atoms with van der Waals surface area (Å²) in [5.74, 6) is 2.54. The van der Waals surface area contributed by atoms with Crippen molar-refractivity contribution in [3.63, 3.8) is 0 Å². The largest absolute Gasteiger partial charge is 0.493 e. The van der Waals surface area contributed by atoms with Gasteiger partial charge in [-0.3, -0.25) is 0 Å². The second-order valence-electron chi connectivity index (χ2n) is 4.67. The fourth-order valence-electron chi connectivity index (χ4n) is 2.36. The lowest BCUT2D eigenvalue weighted by molar-refractivity contribution is 0.344. The van der Waals surface area contributed by atoms with E-state index in [1.807, 2.05) is 18.2 Å². The molecule has 2 aromatic rings. The van der Waals surface area contributed by atoms with Gasteiger partial charge in [0.2, 0.25) is 11.7 Å². The Morgan fingerprint density at radius 1 is 1.25 bits per heavy atom. The van der Waals surface area contributed by atoms with Gasteiger partial charge in [-0.2, -0.15) is 4.98 Å². The van der Waals surface area contributed by atoms with Crippen molar-refractivity contribution in [2.45, 2.75) is 18.9 Å². The van der Waals surface area contributed by atoms with E-state index < -0.39 is 0 Å². The van der Waals surface area contributed by atoms with Crippen molar-refractivity contribution >= 4 is 0 Å². The van der Waals surface area contributed by atoms with Crippen LogP contribution in [0.1, 0.15) is 24.8 Å². The first-order chi connectivity index (χ1) is 9.81. The first-order valence-corrected chi connectivity index (χ1v) is 6.61. The van der Waals surface area contributed by atoms with Gasteiger partial charge in [0.25, 0.3) is 0 Å². The SMILES string of the molecule is COc1ccc(-c2noc([C@@H]3CCCN3)n2)cc1OC. The summed E-state index contributed by atoms with van der Waals surface area (Å²) >= 11 is 0. The molecular formula is C14H17N3O3. The average molecular weight is 275 g/mol. The van der Waals surface area contributed by atoms with Crippen molar-refractivity contribution in [1.29, 1.82) is 0 Å². The minimum atomic E-state index is 0.177. The molecule has 3 rings (SSSR count). The van der Waals surface area contributed by atoms with Crippen LogP contribution in [0.2, 0.25) is 0 Å². The van der Waals surface area contributed by atoms with Gasteiger partial charge in [-0.05, 0) is 37.6 Å². The number of aromatic nitrogens is 2. The minimum absolute atomic E-state index is 0.177. The molecule has 0 aliphatic carbocycles. The summed E-state index contributed by atoms with van der Waals surface area (Å²) in [5.41, 5.74) is 0.843. The van der Waals surface area contributed by atoms with Gasteiger partial charge in [-0.1, -0.05) is 5.16 Å². The van der Waals surface area contributed by atoms with E-state index in [0.29, 0.717) is 23.2 Å². The highest BCUT2D eigenvalue weighted by molar-refractivity contribution is 5.60. The van der Waals surface area contributed by atoms with Gasteiger partial charge >= 0.3 is 0 Å². The fraction of sp³-hybridized carbons (Fsp3) is 0.429. The van der Waals surface area contributed by atoms with Crippen LogP contribution >= 0.6 is 0 Å². The van der Waals surface area contributed by atoms with E-state index in [1.165, 1.54) is 0 Å². The van der Waals surface area contributed by atoms with Gasteiger partial charge < -0.3 is 19.3 Å². The average Bonchev–Trinajstić information content (AvgIpc) is 3.16. The Hall–Kier alpha value is -2.08. The van der Waals surface area contributed by atoms with E-state index in [0.717, 1.165) is 24.9 Å². The van der Waals surface area contributed by atoms with Crippen molar-refractivity contribution in [3.8, 4) is 22.9 Å². The Morgan fingerprint density at radius 3 is 2.80 bits per heavy atom. The summed E-state index contributed by atoms with van der Waals surface area (Å²) in [7, 11) is 3.21. The van der Waals surface area contributed by atoms with Gasteiger partial charge in [0.15, 0.2) is 11.5 Å². The highest BCUT2D eigenvalue weighted by Crippen LogP contribution is 2.32. The number of ether oxygens (including phenoxy) is 2. The predicted molar refractivity (Wildman–Crippen MR) is 72.8 cm³/mol. The summed E-state index contributed by atoms with van der Waals surface area (Å²) < 4.78 is 15.8. The highest BCUT2D eigenvalue weighted by atomic mass is 16.5. The molecule has 1 saturated heterocycles. The number of benzene rings is 1. The molecule has 0 unspecified atom stereocenters. The van der Waals surface area contributed by atoms with Crippen LogP contribution in [-0.2, 0) is 0 Å². The lowest BCUT2D eigenvalue weighted by Gasteiger charge is -2.07. The molecule has 0 amide bonds. The van der Waals surface area contributed by atoms with Crippen molar-refractivity contribution in [1.82, 2.24) is 15.5 Å². The minimum Gasteiger partial charge on any atom is -0.493 e. The third kappa shape index (κ3) is 2.34. The molecule has 1 atom stereocenters. The van der Waals surface area contributed by atoms with Crippen LogP contribution in [0.15, 0.2) is 22.7 Å². The van der Waals surface area contributed by atoms with Crippen LogP contribution in [-0.4, -0.2) is 30.9 Å². The molecule has 2 heterocycles. The topological polar surface area (TPSA) is 69.4 Å². The second kappa shape index (κ2) is 5.50. The summed E-state index contributed by atoms with van der Waals surface area (Å²) in [6.07, 6.45) is 2.17. The van der Waals surface area contributed by atoms with Gasteiger partial charge in [-0.15, -0.1) is 0 Å². The molecule has 6 nitrogen and oxygen atoms in total. The molecule has 1 fully saturated rings. The smallest absolute Gasteiger partial charge is 0.244 e. The molecule has 1 aliphatic heterocycles. The van der Waals surface area contributed by atoms with Crippen LogP contribution in [0.25, 0.3) is 11.4 Å². The maximum atomic E-state index is 5.34. The zero-order chi connectivity index (χ0) is 13.9. The predicted octanol–water partition coefficient (Wildman–Crippen LogP) is 2.18. The van der Waals surface area contributed by atoms with Gasteiger partial charge in [0, 0.05) is 5.56 Å². The Bertz CT molecular complexity index is 591. The van der Waals surface area contributed by atoms with Gasteiger partial charge in [-0.25, -0.2) is 0 Å². The quantitative estimate of drug-likeness (QED) is 0.922. The Labute approximate surface area is 117 Å². The lowest BCUT2D eigenvalue weighted by Crippen LogP contribution is -2.12. The molecule has 1 aromatic carbocycles. The monoisotopic (exact) mass is 275 g/mol. The molecule has 1 aliphatic rings. The number of methoxy groups -OCH3 is 2. The first kappa shape index (κ1) is 12.9. The van der Waals surface area contributed by atoms with E-state index >= 15 is 0 Å². The standard InChI is InChI=1S/C14H17N3O3/c1-18-11-6-5-9(8-12(11)19-2)13-16-14(20-17-13)10-4-3-7-15-10/h5-6,8,10,15H,3-4,7H2,1-2H3/t10-/m0/s1. The van der Waals surface area contributed by atoms with Crippen molar-refractivity contribution in [2.75, 3.05) is 20.8 Å². The third-order valence-electron chi connectivity index (χ3n) is 3.44. The highest BCUT2D eigenvalue weighted by Gasteiger charge is 2.22. The van der Waals surface area contributed by atoms with Crippen molar-refractivity contribution in [3.05, 3.63) is 24.1 Å². The molecule has 6 heteroatoms. The number of hydrogen-bond donors (Lipinski definition) is 1. The van der Waals surface area contributed by atoms with Crippen LogP contribution in [0.4, 0.5) is 0 Å². The van der Waals surface area contributed by atoms with E-state index in [2.05, 4.69) is 15.5 Å². The zero-order valence-electron chi connectivity index (χ0n) is 11.5. The first-order valence-electron chi connectivity index (χ1n) is 6.61. The van der Waals surface area contributed by atoms with E-state index in [4.69, 9.17) is 14.0 Å². The molecule has 0 saturated carbocycles.